The van der Waals surface area contributed by atoms with Crippen LogP contribution in [0.25, 0.3) is 10.8 Å². The quantitative estimate of drug-likeness (QED) is 0.781. The summed E-state index contributed by atoms with van der Waals surface area (Å²) in [7, 11) is 0. The molecular weight excluding hydrogens is 292 g/mol. The summed E-state index contributed by atoms with van der Waals surface area (Å²) >= 11 is 0. The van der Waals surface area contributed by atoms with E-state index in [1.54, 1.807) is 0 Å². The largest absolute Gasteiger partial charge is 0.314 e. The summed E-state index contributed by atoms with van der Waals surface area (Å²) in [5.41, 5.74) is 4.09. The Bertz CT molecular complexity index is 817. The highest BCUT2D eigenvalue weighted by atomic mass is 15.2. The van der Waals surface area contributed by atoms with E-state index in [9.17, 15) is 0 Å². The number of fused-ring (bicyclic) bond motifs is 1. The highest BCUT2D eigenvalue weighted by molar-refractivity contribution is 5.83. The summed E-state index contributed by atoms with van der Waals surface area (Å²) in [5.74, 6) is 0. The van der Waals surface area contributed by atoms with Crippen LogP contribution in [0.5, 0.6) is 0 Å². The first kappa shape index (κ1) is 15.4. The van der Waals surface area contributed by atoms with Gasteiger partial charge < -0.3 is 5.32 Å². The second kappa shape index (κ2) is 6.76. The van der Waals surface area contributed by atoms with Crippen LogP contribution in [0, 0.1) is 6.92 Å². The van der Waals surface area contributed by atoms with Crippen LogP contribution >= 0.6 is 0 Å². The Labute approximate surface area is 144 Å². The van der Waals surface area contributed by atoms with Gasteiger partial charge >= 0.3 is 0 Å². The second-order valence-electron chi connectivity index (χ2n) is 6.71. The number of nitrogens with one attached hydrogen (secondary N) is 1. The van der Waals surface area contributed by atoms with Crippen molar-refractivity contribution in [1.82, 2.24) is 10.2 Å². The SMILES string of the molecule is Cc1ccc(C(c2ccc3ccccc3c2)N2CCNCC2)cc1. The van der Waals surface area contributed by atoms with Crippen LogP contribution in [-0.4, -0.2) is 31.1 Å². The molecule has 1 heterocycles. The molecule has 0 radical (unpaired) electrons. The Balaban J connectivity index is 1.79. The number of piperazine rings is 1. The molecule has 1 atom stereocenters. The Morgan fingerprint density at radius 2 is 1.46 bits per heavy atom. The first-order chi connectivity index (χ1) is 11.8. The maximum absolute atomic E-state index is 3.47. The molecule has 0 bridgehead atoms. The topological polar surface area (TPSA) is 15.3 Å². The molecule has 1 fully saturated rings. The molecule has 1 aliphatic heterocycles. The predicted molar refractivity (Wildman–Crippen MR) is 101 cm³/mol. The van der Waals surface area contributed by atoms with Crippen molar-refractivity contribution in [2.24, 2.45) is 0 Å². The van der Waals surface area contributed by atoms with Crippen LogP contribution in [0.1, 0.15) is 22.7 Å². The third-order valence-electron chi connectivity index (χ3n) is 5.00. The van der Waals surface area contributed by atoms with E-state index in [1.165, 1.54) is 27.5 Å². The molecule has 0 aliphatic carbocycles. The van der Waals surface area contributed by atoms with E-state index in [-0.39, 0.29) is 0 Å². The van der Waals surface area contributed by atoms with Gasteiger partial charge in [-0.25, -0.2) is 0 Å². The summed E-state index contributed by atoms with van der Waals surface area (Å²) in [5, 5.41) is 6.10. The molecule has 24 heavy (non-hydrogen) atoms. The molecule has 3 aromatic rings. The summed E-state index contributed by atoms with van der Waals surface area (Å²) in [4.78, 5) is 2.60. The normalized spacial score (nSPS) is 17.0. The third kappa shape index (κ3) is 3.08. The molecule has 1 N–H and O–H groups in total. The lowest BCUT2D eigenvalue weighted by Crippen LogP contribution is -2.45. The van der Waals surface area contributed by atoms with Crippen molar-refractivity contribution in [3.05, 3.63) is 83.4 Å². The van der Waals surface area contributed by atoms with Gasteiger partial charge in [0.25, 0.3) is 0 Å². The number of hydrogen-bond donors (Lipinski definition) is 1. The van der Waals surface area contributed by atoms with E-state index in [0.29, 0.717) is 6.04 Å². The van der Waals surface area contributed by atoms with Crippen LogP contribution in [0.15, 0.2) is 66.7 Å². The van der Waals surface area contributed by atoms with Crippen molar-refractivity contribution < 1.29 is 0 Å². The summed E-state index contributed by atoms with van der Waals surface area (Å²) < 4.78 is 0. The molecule has 3 aromatic carbocycles. The van der Waals surface area contributed by atoms with Gasteiger partial charge in [-0.15, -0.1) is 0 Å². The van der Waals surface area contributed by atoms with Crippen molar-refractivity contribution >= 4 is 10.8 Å². The highest BCUT2D eigenvalue weighted by Gasteiger charge is 2.23. The minimum Gasteiger partial charge on any atom is -0.314 e. The zero-order chi connectivity index (χ0) is 16.4. The number of hydrogen-bond acceptors (Lipinski definition) is 2. The molecule has 1 aliphatic rings. The van der Waals surface area contributed by atoms with Crippen LogP contribution in [-0.2, 0) is 0 Å². The maximum atomic E-state index is 3.47. The van der Waals surface area contributed by atoms with Gasteiger partial charge in [0.05, 0.1) is 6.04 Å². The van der Waals surface area contributed by atoms with Crippen molar-refractivity contribution in [2.45, 2.75) is 13.0 Å². The fraction of sp³-hybridized carbons (Fsp3) is 0.273. The van der Waals surface area contributed by atoms with Gasteiger partial charge in [-0.3, -0.25) is 4.90 Å². The molecule has 1 unspecified atom stereocenters. The van der Waals surface area contributed by atoms with E-state index in [2.05, 4.69) is 83.9 Å². The number of rotatable bonds is 3. The maximum Gasteiger partial charge on any atom is 0.0602 e. The van der Waals surface area contributed by atoms with E-state index in [4.69, 9.17) is 0 Å². The van der Waals surface area contributed by atoms with Crippen molar-refractivity contribution in [3.63, 3.8) is 0 Å². The third-order valence-corrected chi connectivity index (χ3v) is 5.00. The van der Waals surface area contributed by atoms with Gasteiger partial charge in [-0.1, -0.05) is 66.2 Å². The van der Waals surface area contributed by atoms with Gasteiger partial charge in [0.15, 0.2) is 0 Å². The van der Waals surface area contributed by atoms with E-state index in [1.807, 2.05) is 0 Å². The van der Waals surface area contributed by atoms with Crippen LogP contribution in [0.4, 0.5) is 0 Å². The molecule has 0 saturated carbocycles. The van der Waals surface area contributed by atoms with Crippen LogP contribution in [0.3, 0.4) is 0 Å². The number of aryl methyl sites for hydroxylation is 1. The first-order valence-corrected chi connectivity index (χ1v) is 8.81. The fourth-order valence-corrected chi connectivity index (χ4v) is 3.68. The Kier molecular flexibility index (Phi) is 4.33. The molecule has 1 saturated heterocycles. The molecule has 122 valence electrons. The average Bonchev–Trinajstić information content (AvgIpc) is 2.64. The summed E-state index contributed by atoms with van der Waals surface area (Å²) in [6.45, 7) is 6.46. The van der Waals surface area contributed by atoms with Gasteiger partial charge in [0, 0.05) is 26.2 Å². The predicted octanol–water partition coefficient (Wildman–Crippen LogP) is 4.14. The molecule has 0 spiro atoms. The van der Waals surface area contributed by atoms with Crippen LogP contribution < -0.4 is 5.32 Å². The zero-order valence-corrected chi connectivity index (χ0v) is 14.2. The number of nitrogens with zero attached hydrogens (tertiary/aromatic N) is 1. The summed E-state index contributed by atoms with van der Waals surface area (Å²) in [6, 6.07) is 24.9. The lowest BCUT2D eigenvalue weighted by atomic mass is 9.94. The van der Waals surface area contributed by atoms with Gasteiger partial charge in [0.1, 0.15) is 0 Å². The van der Waals surface area contributed by atoms with Gasteiger partial charge in [-0.05, 0) is 34.9 Å². The van der Waals surface area contributed by atoms with Crippen molar-refractivity contribution in [1.29, 1.82) is 0 Å². The van der Waals surface area contributed by atoms with Crippen LogP contribution in [0.2, 0.25) is 0 Å². The summed E-state index contributed by atoms with van der Waals surface area (Å²) in [6.07, 6.45) is 0. The fourth-order valence-electron chi connectivity index (χ4n) is 3.68. The molecule has 0 amide bonds. The van der Waals surface area contributed by atoms with Crippen molar-refractivity contribution in [3.8, 4) is 0 Å². The number of benzene rings is 3. The Morgan fingerprint density at radius 1 is 0.792 bits per heavy atom. The van der Waals surface area contributed by atoms with Crippen molar-refractivity contribution in [2.75, 3.05) is 26.2 Å². The van der Waals surface area contributed by atoms with Gasteiger partial charge in [-0.2, -0.15) is 0 Å². The monoisotopic (exact) mass is 316 g/mol. The highest BCUT2D eigenvalue weighted by Crippen LogP contribution is 2.31. The molecule has 4 rings (SSSR count). The Hall–Kier alpha value is -2.16. The Morgan fingerprint density at radius 3 is 2.21 bits per heavy atom. The zero-order valence-electron chi connectivity index (χ0n) is 14.2. The van der Waals surface area contributed by atoms with Gasteiger partial charge in [0.2, 0.25) is 0 Å². The molecule has 2 heteroatoms. The minimum atomic E-state index is 0.331. The standard InChI is InChI=1S/C22H24N2/c1-17-6-8-19(9-7-17)22(24-14-12-23-13-15-24)21-11-10-18-4-2-3-5-20(18)16-21/h2-11,16,22-23H,12-15H2,1H3. The average molecular weight is 316 g/mol. The lowest BCUT2D eigenvalue weighted by Gasteiger charge is -2.35. The van der Waals surface area contributed by atoms with E-state index >= 15 is 0 Å². The molecule has 0 aromatic heterocycles. The minimum absolute atomic E-state index is 0.331. The lowest BCUT2D eigenvalue weighted by molar-refractivity contribution is 0.198. The smallest absolute Gasteiger partial charge is 0.0602 e. The van der Waals surface area contributed by atoms with E-state index in [0.717, 1.165) is 26.2 Å². The van der Waals surface area contributed by atoms with E-state index < -0.39 is 0 Å². The second-order valence-corrected chi connectivity index (χ2v) is 6.71. The molecular formula is C22H24N2. The first-order valence-electron chi connectivity index (χ1n) is 8.81. The molecule has 2 nitrogen and oxygen atoms in total.